The fourth-order valence-electron chi connectivity index (χ4n) is 1.49. The number of ketones is 1. The standard InChI is InChI=1S/C11H8ClF5O/c1-5(12)9(18)6-3-2-4-7(10(13)14)8(6)11(15,16)17/h2-5,10H,1H3. The van der Waals surface area contributed by atoms with E-state index in [4.69, 9.17) is 11.6 Å². The van der Waals surface area contributed by atoms with Crippen LogP contribution in [0, 0.1) is 0 Å². The van der Waals surface area contributed by atoms with Gasteiger partial charge in [-0.1, -0.05) is 18.2 Å². The summed E-state index contributed by atoms with van der Waals surface area (Å²) in [6.07, 6.45) is -8.36. The first-order chi connectivity index (χ1) is 8.16. The molecule has 0 saturated carbocycles. The predicted octanol–water partition coefficient (Wildman–Crippen LogP) is 4.45. The molecule has 0 spiro atoms. The Hall–Kier alpha value is -1.17. The molecule has 0 radical (unpaired) electrons. The Kier molecular flexibility index (Phi) is 4.32. The van der Waals surface area contributed by atoms with Gasteiger partial charge in [0.05, 0.1) is 10.9 Å². The van der Waals surface area contributed by atoms with Gasteiger partial charge in [0.1, 0.15) is 0 Å². The average Bonchev–Trinajstić information content (AvgIpc) is 2.25. The van der Waals surface area contributed by atoms with Gasteiger partial charge in [-0.05, 0) is 6.92 Å². The maximum atomic E-state index is 12.8. The quantitative estimate of drug-likeness (QED) is 0.456. The van der Waals surface area contributed by atoms with Crippen LogP contribution in [0.25, 0.3) is 0 Å². The summed E-state index contributed by atoms with van der Waals surface area (Å²) in [5, 5.41) is -1.22. The van der Waals surface area contributed by atoms with Gasteiger partial charge in [-0.3, -0.25) is 4.79 Å². The number of rotatable bonds is 3. The van der Waals surface area contributed by atoms with Crippen LogP contribution in [0.5, 0.6) is 0 Å². The molecule has 1 atom stereocenters. The molecule has 0 heterocycles. The van der Waals surface area contributed by atoms with Gasteiger partial charge in [-0.15, -0.1) is 11.6 Å². The number of carbonyl (C=O) groups is 1. The molecule has 100 valence electrons. The van der Waals surface area contributed by atoms with Crippen LogP contribution >= 0.6 is 11.6 Å². The summed E-state index contributed by atoms with van der Waals surface area (Å²) < 4.78 is 63.4. The van der Waals surface area contributed by atoms with E-state index in [1.54, 1.807) is 0 Å². The Balaban J connectivity index is 3.53. The summed E-state index contributed by atoms with van der Waals surface area (Å²) in [7, 11) is 0. The third kappa shape index (κ3) is 2.98. The molecule has 0 aliphatic carbocycles. The zero-order valence-electron chi connectivity index (χ0n) is 9.06. The van der Waals surface area contributed by atoms with Crippen molar-refractivity contribution in [1.82, 2.24) is 0 Å². The molecule has 1 nitrogen and oxygen atoms in total. The third-order valence-electron chi connectivity index (χ3n) is 2.24. The van der Waals surface area contributed by atoms with E-state index in [1.165, 1.54) is 6.92 Å². The number of hydrogen-bond acceptors (Lipinski definition) is 1. The maximum absolute atomic E-state index is 12.8. The monoisotopic (exact) mass is 286 g/mol. The lowest BCUT2D eigenvalue weighted by Crippen LogP contribution is -2.20. The van der Waals surface area contributed by atoms with Crippen molar-refractivity contribution in [1.29, 1.82) is 0 Å². The summed E-state index contributed by atoms with van der Waals surface area (Å²) in [6, 6.07) is 2.46. The second-order valence-corrected chi connectivity index (χ2v) is 4.20. The molecule has 1 aromatic carbocycles. The SMILES string of the molecule is CC(Cl)C(=O)c1cccc(C(F)F)c1C(F)(F)F. The number of carbonyl (C=O) groups excluding carboxylic acids is 1. The fraction of sp³-hybridized carbons (Fsp3) is 0.364. The Morgan fingerprint density at radius 2 is 1.83 bits per heavy atom. The molecule has 0 fully saturated rings. The van der Waals surface area contributed by atoms with E-state index in [0.29, 0.717) is 6.07 Å². The minimum Gasteiger partial charge on any atom is -0.293 e. The van der Waals surface area contributed by atoms with Crippen LogP contribution in [0.2, 0.25) is 0 Å². The van der Waals surface area contributed by atoms with Crippen LogP contribution in [-0.2, 0) is 6.18 Å². The normalized spacial score (nSPS) is 13.8. The Morgan fingerprint density at radius 1 is 1.28 bits per heavy atom. The van der Waals surface area contributed by atoms with Crippen molar-refractivity contribution < 1.29 is 26.7 Å². The van der Waals surface area contributed by atoms with E-state index in [9.17, 15) is 26.7 Å². The van der Waals surface area contributed by atoms with Crippen molar-refractivity contribution in [3.05, 3.63) is 34.9 Å². The molecule has 0 saturated heterocycles. The number of halogens is 6. The number of Topliss-reactive ketones (excluding diaryl/α,β-unsaturated/α-hetero) is 1. The largest absolute Gasteiger partial charge is 0.417 e. The van der Waals surface area contributed by atoms with Gasteiger partial charge in [-0.2, -0.15) is 13.2 Å². The second-order valence-electron chi connectivity index (χ2n) is 3.55. The van der Waals surface area contributed by atoms with Gasteiger partial charge in [0.25, 0.3) is 6.43 Å². The van der Waals surface area contributed by atoms with Gasteiger partial charge in [0, 0.05) is 11.1 Å². The zero-order chi connectivity index (χ0) is 14.1. The minimum atomic E-state index is -5.04. The Morgan fingerprint density at radius 3 is 2.22 bits per heavy atom. The van der Waals surface area contributed by atoms with Gasteiger partial charge in [0.2, 0.25) is 0 Å². The minimum absolute atomic E-state index is 0.642. The highest BCUT2D eigenvalue weighted by molar-refractivity contribution is 6.33. The lowest BCUT2D eigenvalue weighted by molar-refractivity contribution is -0.139. The van der Waals surface area contributed by atoms with Crippen molar-refractivity contribution in [2.75, 3.05) is 0 Å². The Bertz CT molecular complexity index is 453. The van der Waals surface area contributed by atoms with Gasteiger partial charge < -0.3 is 0 Å². The van der Waals surface area contributed by atoms with E-state index in [1.807, 2.05) is 0 Å². The van der Waals surface area contributed by atoms with Gasteiger partial charge >= 0.3 is 6.18 Å². The summed E-state index contributed by atoms with van der Waals surface area (Å²) in [5.74, 6) is -1.04. The molecular formula is C11H8ClF5O. The highest BCUT2D eigenvalue weighted by atomic mass is 35.5. The van der Waals surface area contributed by atoms with E-state index in [2.05, 4.69) is 0 Å². The highest BCUT2D eigenvalue weighted by Gasteiger charge is 2.40. The van der Waals surface area contributed by atoms with E-state index in [0.717, 1.165) is 12.1 Å². The topological polar surface area (TPSA) is 17.1 Å². The lowest BCUT2D eigenvalue weighted by Gasteiger charge is -2.16. The zero-order valence-corrected chi connectivity index (χ0v) is 9.82. The first kappa shape index (κ1) is 14.9. The fourth-order valence-corrected chi connectivity index (χ4v) is 1.61. The van der Waals surface area contributed by atoms with Crippen molar-refractivity contribution in [3.63, 3.8) is 0 Å². The number of hydrogen-bond donors (Lipinski definition) is 0. The van der Waals surface area contributed by atoms with Crippen LogP contribution in [0.15, 0.2) is 18.2 Å². The molecule has 0 bridgehead atoms. The third-order valence-corrected chi connectivity index (χ3v) is 2.44. The molecule has 0 amide bonds. The maximum Gasteiger partial charge on any atom is 0.417 e. The molecule has 18 heavy (non-hydrogen) atoms. The molecule has 0 N–H and O–H groups in total. The van der Waals surface area contributed by atoms with E-state index in [-0.39, 0.29) is 0 Å². The molecule has 1 aromatic rings. The molecule has 1 rings (SSSR count). The average molecular weight is 287 g/mol. The van der Waals surface area contributed by atoms with Crippen LogP contribution in [0.4, 0.5) is 22.0 Å². The molecule has 0 aliphatic heterocycles. The van der Waals surface area contributed by atoms with Gasteiger partial charge in [0.15, 0.2) is 5.78 Å². The lowest BCUT2D eigenvalue weighted by atomic mass is 9.96. The van der Waals surface area contributed by atoms with Crippen LogP contribution in [0.3, 0.4) is 0 Å². The highest BCUT2D eigenvalue weighted by Crippen LogP contribution is 2.39. The molecule has 7 heteroatoms. The second kappa shape index (κ2) is 5.22. The van der Waals surface area contributed by atoms with Gasteiger partial charge in [-0.25, -0.2) is 8.78 Å². The van der Waals surface area contributed by atoms with E-state index >= 15 is 0 Å². The summed E-state index contributed by atoms with van der Waals surface area (Å²) in [4.78, 5) is 11.5. The van der Waals surface area contributed by atoms with E-state index < -0.39 is 40.5 Å². The van der Waals surface area contributed by atoms with Crippen molar-refractivity contribution in [3.8, 4) is 0 Å². The molecular weight excluding hydrogens is 279 g/mol. The molecule has 0 aromatic heterocycles. The van der Waals surface area contributed by atoms with Crippen molar-refractivity contribution >= 4 is 17.4 Å². The number of alkyl halides is 6. The van der Waals surface area contributed by atoms with Crippen LogP contribution in [-0.4, -0.2) is 11.2 Å². The first-order valence-electron chi connectivity index (χ1n) is 4.82. The number of benzene rings is 1. The summed E-state index contributed by atoms with van der Waals surface area (Å²) in [6.45, 7) is 1.18. The molecule has 1 unspecified atom stereocenters. The molecule has 0 aliphatic rings. The van der Waals surface area contributed by atoms with Crippen LogP contribution in [0.1, 0.15) is 34.8 Å². The smallest absolute Gasteiger partial charge is 0.293 e. The van der Waals surface area contributed by atoms with Crippen molar-refractivity contribution in [2.45, 2.75) is 24.9 Å². The summed E-state index contributed by atoms with van der Waals surface area (Å²) >= 11 is 5.41. The predicted molar refractivity (Wildman–Crippen MR) is 56.0 cm³/mol. The van der Waals surface area contributed by atoms with Crippen LogP contribution < -0.4 is 0 Å². The Labute approximate surface area is 105 Å². The summed E-state index contributed by atoms with van der Waals surface area (Å²) in [5.41, 5.74) is -3.66. The first-order valence-corrected chi connectivity index (χ1v) is 5.26. The van der Waals surface area contributed by atoms with Crippen molar-refractivity contribution in [2.24, 2.45) is 0 Å².